The van der Waals surface area contributed by atoms with E-state index in [0.717, 1.165) is 5.56 Å². The fourth-order valence-corrected chi connectivity index (χ4v) is 8.42. The molecule has 3 unspecified atom stereocenters. The summed E-state index contributed by atoms with van der Waals surface area (Å²) in [5.74, 6) is -2.66. The molecule has 0 radical (unpaired) electrons. The van der Waals surface area contributed by atoms with Crippen molar-refractivity contribution in [2.75, 3.05) is 11.9 Å². The van der Waals surface area contributed by atoms with Crippen molar-refractivity contribution in [1.29, 1.82) is 0 Å². The Labute approximate surface area is 255 Å². The standard InChI is InChI=1S/C35H47N3O5/c1-22-19-35-27(26(34(22,7)43-35)29(40)36-24-16-12-9-13-17-24)31(42)38(25(20-39)18-23-14-10-8-11-15-23)28(35)30(41)37-33(5,6)21-32(2,3)4/h8-17,22,25-28,39H,18-21H2,1-7H3,(H,36,40)(H,37,41)/t22?,25-,26+,27+,28?,34-,35?/m1/s1. The van der Waals surface area contributed by atoms with Crippen molar-refractivity contribution >= 4 is 23.4 Å². The normalized spacial score (nSPS) is 30.7. The minimum atomic E-state index is -1.20. The van der Waals surface area contributed by atoms with Crippen LogP contribution in [-0.4, -0.2) is 63.2 Å². The second-order valence-electron chi connectivity index (χ2n) is 14.9. The third-order valence-corrected chi connectivity index (χ3v) is 9.68. The van der Waals surface area contributed by atoms with E-state index < -0.39 is 40.7 Å². The number of benzene rings is 2. The summed E-state index contributed by atoms with van der Waals surface area (Å²) >= 11 is 0. The number of anilines is 1. The number of nitrogens with zero attached hydrogens (tertiary/aromatic N) is 1. The zero-order chi connectivity index (χ0) is 31.4. The number of rotatable bonds is 9. The smallest absolute Gasteiger partial charge is 0.246 e. The number of carbonyl (C=O) groups excluding carboxylic acids is 3. The van der Waals surface area contributed by atoms with E-state index in [2.05, 4.69) is 31.4 Å². The zero-order valence-corrected chi connectivity index (χ0v) is 26.5. The van der Waals surface area contributed by atoms with Crippen LogP contribution in [0.25, 0.3) is 0 Å². The average molecular weight is 590 g/mol. The van der Waals surface area contributed by atoms with E-state index in [0.29, 0.717) is 24.9 Å². The number of nitrogens with one attached hydrogen (secondary N) is 2. The molecule has 8 heteroatoms. The monoisotopic (exact) mass is 589 g/mol. The molecule has 3 N–H and O–H groups in total. The molecule has 3 fully saturated rings. The SMILES string of the molecule is CC1CC23O[C@@]1(C)[C@H](C(=O)Nc1ccccc1)[C@H]2C(=O)N([C@@H](CO)Cc1ccccc1)C3C(=O)NC(C)(C)CC(C)(C)C. The molecule has 0 saturated carbocycles. The number of aliphatic hydroxyl groups excluding tert-OH is 1. The first-order chi connectivity index (χ1) is 20.1. The molecule has 8 nitrogen and oxygen atoms in total. The van der Waals surface area contributed by atoms with Gasteiger partial charge < -0.3 is 25.4 Å². The summed E-state index contributed by atoms with van der Waals surface area (Å²) in [6.45, 7) is 14.0. The number of likely N-dealkylation sites (tertiary alicyclic amines) is 1. The second-order valence-corrected chi connectivity index (χ2v) is 14.9. The van der Waals surface area contributed by atoms with Crippen LogP contribution in [0.3, 0.4) is 0 Å². The first kappa shape index (κ1) is 31.2. The Morgan fingerprint density at radius 3 is 2.21 bits per heavy atom. The summed E-state index contributed by atoms with van der Waals surface area (Å²) < 4.78 is 6.88. The van der Waals surface area contributed by atoms with Crippen molar-refractivity contribution in [3.05, 3.63) is 66.2 Å². The Hall–Kier alpha value is -3.23. The van der Waals surface area contributed by atoms with Gasteiger partial charge in [0.1, 0.15) is 11.6 Å². The lowest BCUT2D eigenvalue weighted by molar-refractivity contribution is -0.150. The van der Waals surface area contributed by atoms with Gasteiger partial charge in [-0.1, -0.05) is 76.2 Å². The molecule has 3 amide bonds. The molecule has 2 aromatic carbocycles. The molecule has 5 rings (SSSR count). The Morgan fingerprint density at radius 2 is 1.63 bits per heavy atom. The second kappa shape index (κ2) is 11.0. The number of amides is 3. The van der Waals surface area contributed by atoms with E-state index in [-0.39, 0.29) is 35.7 Å². The van der Waals surface area contributed by atoms with E-state index in [1.807, 2.05) is 88.4 Å². The van der Waals surface area contributed by atoms with Crippen LogP contribution in [0.4, 0.5) is 5.69 Å². The number of aliphatic hydroxyl groups is 1. The summed E-state index contributed by atoms with van der Waals surface area (Å²) in [6, 6.07) is 17.2. The molecule has 0 aromatic heterocycles. The summed E-state index contributed by atoms with van der Waals surface area (Å²) in [5, 5.41) is 17.0. The number of fused-ring (bicyclic) bond motifs is 1. The predicted molar refractivity (Wildman–Crippen MR) is 166 cm³/mol. The molecule has 7 atom stereocenters. The lowest BCUT2D eigenvalue weighted by Gasteiger charge is -2.40. The van der Waals surface area contributed by atoms with Crippen LogP contribution in [-0.2, 0) is 25.5 Å². The van der Waals surface area contributed by atoms with Crippen molar-refractivity contribution < 1.29 is 24.2 Å². The van der Waals surface area contributed by atoms with E-state index in [9.17, 15) is 19.5 Å². The molecule has 2 bridgehead atoms. The lowest BCUT2D eigenvalue weighted by atomic mass is 9.62. The predicted octanol–water partition coefficient (Wildman–Crippen LogP) is 4.57. The maximum absolute atomic E-state index is 14.7. The van der Waals surface area contributed by atoms with Crippen LogP contribution in [0, 0.1) is 23.2 Å². The van der Waals surface area contributed by atoms with Crippen LogP contribution >= 0.6 is 0 Å². The van der Waals surface area contributed by atoms with Gasteiger partial charge in [0, 0.05) is 11.2 Å². The quantitative estimate of drug-likeness (QED) is 0.397. The molecule has 3 heterocycles. The Morgan fingerprint density at radius 1 is 1.02 bits per heavy atom. The molecular formula is C35H47N3O5. The number of ether oxygens (including phenoxy) is 1. The molecule has 1 spiro atoms. The number of para-hydroxylation sites is 1. The molecule has 3 saturated heterocycles. The highest BCUT2D eigenvalue weighted by atomic mass is 16.5. The third kappa shape index (κ3) is 5.60. The van der Waals surface area contributed by atoms with Crippen molar-refractivity contribution in [3.63, 3.8) is 0 Å². The summed E-state index contributed by atoms with van der Waals surface area (Å²) in [4.78, 5) is 44.8. The van der Waals surface area contributed by atoms with Crippen LogP contribution in [0.2, 0.25) is 0 Å². The Balaban J connectivity index is 1.57. The molecule has 232 valence electrons. The van der Waals surface area contributed by atoms with Gasteiger partial charge in [-0.25, -0.2) is 0 Å². The third-order valence-electron chi connectivity index (χ3n) is 9.68. The summed E-state index contributed by atoms with van der Waals surface area (Å²) in [5.41, 5.74) is -1.16. The highest BCUT2D eigenvalue weighted by molar-refractivity contribution is 6.02. The van der Waals surface area contributed by atoms with Gasteiger partial charge in [-0.3, -0.25) is 14.4 Å². The van der Waals surface area contributed by atoms with Crippen molar-refractivity contribution in [3.8, 4) is 0 Å². The van der Waals surface area contributed by atoms with Gasteiger partial charge in [-0.15, -0.1) is 0 Å². The van der Waals surface area contributed by atoms with Crippen molar-refractivity contribution in [2.45, 2.75) is 96.6 Å². The lowest BCUT2D eigenvalue weighted by Crippen LogP contribution is -2.61. The summed E-state index contributed by atoms with van der Waals surface area (Å²) in [7, 11) is 0. The summed E-state index contributed by atoms with van der Waals surface area (Å²) in [6.07, 6.45) is 1.55. The van der Waals surface area contributed by atoms with E-state index >= 15 is 0 Å². The Bertz CT molecular complexity index is 1360. The first-order valence-corrected chi connectivity index (χ1v) is 15.5. The fourth-order valence-electron chi connectivity index (χ4n) is 8.42. The van der Waals surface area contributed by atoms with E-state index in [4.69, 9.17) is 4.74 Å². The number of hydrogen-bond donors (Lipinski definition) is 3. The van der Waals surface area contributed by atoms with Crippen molar-refractivity contribution in [1.82, 2.24) is 10.2 Å². The highest BCUT2D eigenvalue weighted by Crippen LogP contribution is 2.65. The molecule has 0 aliphatic carbocycles. The van der Waals surface area contributed by atoms with Gasteiger partial charge in [-0.2, -0.15) is 0 Å². The first-order valence-electron chi connectivity index (χ1n) is 15.5. The maximum atomic E-state index is 14.7. The molecular weight excluding hydrogens is 542 g/mol. The van der Waals surface area contributed by atoms with Gasteiger partial charge in [0.15, 0.2) is 0 Å². The highest BCUT2D eigenvalue weighted by Gasteiger charge is 2.80. The number of carbonyl (C=O) groups is 3. The minimum absolute atomic E-state index is 0.0470. The van der Waals surface area contributed by atoms with Crippen LogP contribution in [0.5, 0.6) is 0 Å². The molecule has 2 aromatic rings. The minimum Gasteiger partial charge on any atom is -0.394 e. The average Bonchev–Trinajstić information content (AvgIpc) is 3.43. The zero-order valence-electron chi connectivity index (χ0n) is 26.5. The van der Waals surface area contributed by atoms with E-state index in [1.165, 1.54) is 0 Å². The molecule has 43 heavy (non-hydrogen) atoms. The van der Waals surface area contributed by atoms with Crippen LogP contribution < -0.4 is 10.6 Å². The van der Waals surface area contributed by atoms with Gasteiger partial charge in [-0.05, 0) is 69.1 Å². The van der Waals surface area contributed by atoms with Gasteiger partial charge in [0.25, 0.3) is 0 Å². The molecule has 3 aliphatic rings. The Kier molecular flexibility index (Phi) is 8.01. The van der Waals surface area contributed by atoms with Crippen LogP contribution in [0.15, 0.2) is 60.7 Å². The maximum Gasteiger partial charge on any atom is 0.246 e. The number of hydrogen-bond acceptors (Lipinski definition) is 5. The van der Waals surface area contributed by atoms with E-state index in [1.54, 1.807) is 4.90 Å². The fraction of sp³-hybridized carbons (Fsp3) is 0.571. The van der Waals surface area contributed by atoms with Gasteiger partial charge in [0.05, 0.1) is 30.1 Å². The van der Waals surface area contributed by atoms with Crippen molar-refractivity contribution in [2.24, 2.45) is 23.2 Å². The molecule has 3 aliphatic heterocycles. The van der Waals surface area contributed by atoms with Crippen LogP contribution in [0.1, 0.15) is 66.9 Å². The van der Waals surface area contributed by atoms with Gasteiger partial charge in [0.2, 0.25) is 17.7 Å². The van der Waals surface area contributed by atoms with Gasteiger partial charge >= 0.3 is 0 Å². The largest absolute Gasteiger partial charge is 0.394 e. The topological polar surface area (TPSA) is 108 Å².